The fraction of sp³-hybridized carbons (Fsp3) is 0.364. The van der Waals surface area contributed by atoms with Gasteiger partial charge in [0.25, 0.3) is 0 Å². The highest BCUT2D eigenvalue weighted by molar-refractivity contribution is 5.97. The number of amides is 1. The number of likely N-dealkylation sites (tertiary alicyclic amines) is 1. The summed E-state index contributed by atoms with van der Waals surface area (Å²) in [7, 11) is 0. The summed E-state index contributed by atoms with van der Waals surface area (Å²) in [5, 5.41) is 8.25. The van der Waals surface area contributed by atoms with Gasteiger partial charge in [0.1, 0.15) is 6.61 Å². The first-order chi connectivity index (χ1) is 21.5. The van der Waals surface area contributed by atoms with Crippen LogP contribution in [0.5, 0.6) is 6.01 Å². The van der Waals surface area contributed by atoms with E-state index >= 15 is 0 Å². The first-order valence-corrected chi connectivity index (χ1v) is 14.9. The number of terminal acetylenes is 1. The molecule has 3 aliphatic rings. The van der Waals surface area contributed by atoms with Crippen LogP contribution < -0.4 is 14.5 Å². The summed E-state index contributed by atoms with van der Waals surface area (Å²) in [6.07, 6.45) is 12.2. The zero-order valence-corrected chi connectivity index (χ0v) is 24.8. The molecule has 44 heavy (non-hydrogen) atoms. The maximum atomic E-state index is 12.1. The molecule has 0 saturated carbocycles. The number of benzene rings is 1. The van der Waals surface area contributed by atoms with Crippen molar-refractivity contribution >= 4 is 28.3 Å². The molecule has 3 aliphatic heterocycles. The van der Waals surface area contributed by atoms with E-state index in [1.165, 1.54) is 6.08 Å². The quantitative estimate of drug-likeness (QED) is 0.256. The number of nitrogens with one attached hydrogen (secondary N) is 1. The van der Waals surface area contributed by atoms with Crippen molar-refractivity contribution in [2.75, 3.05) is 62.3 Å². The third-order valence-corrected chi connectivity index (χ3v) is 8.89. The van der Waals surface area contributed by atoms with Gasteiger partial charge < -0.3 is 24.2 Å². The van der Waals surface area contributed by atoms with E-state index in [1.54, 1.807) is 6.20 Å². The van der Waals surface area contributed by atoms with Crippen LogP contribution >= 0.6 is 0 Å². The third-order valence-electron chi connectivity index (χ3n) is 8.89. The molecule has 0 radical (unpaired) electrons. The van der Waals surface area contributed by atoms with Crippen LogP contribution in [-0.2, 0) is 16.1 Å². The number of H-pyrrole nitrogens is 1. The van der Waals surface area contributed by atoms with Crippen molar-refractivity contribution in [2.24, 2.45) is 5.41 Å². The molecule has 7 rings (SSSR count). The summed E-state index contributed by atoms with van der Waals surface area (Å²) in [6.45, 7) is 11.9. The van der Waals surface area contributed by atoms with Crippen LogP contribution in [0.3, 0.4) is 0 Å². The first-order valence-electron chi connectivity index (χ1n) is 14.9. The Balaban J connectivity index is 1.21. The molecular weight excluding hydrogens is 556 g/mol. The minimum Gasteiger partial charge on any atom is -0.457 e. The van der Waals surface area contributed by atoms with E-state index < -0.39 is 0 Å². The Labute approximate surface area is 255 Å². The number of anilines is 2. The van der Waals surface area contributed by atoms with Crippen molar-refractivity contribution < 1.29 is 14.3 Å². The molecule has 6 heterocycles. The van der Waals surface area contributed by atoms with Gasteiger partial charge in [-0.1, -0.05) is 18.6 Å². The van der Waals surface area contributed by atoms with Crippen LogP contribution in [0, 0.1) is 24.7 Å². The van der Waals surface area contributed by atoms with Crippen LogP contribution in [-0.4, -0.2) is 88.4 Å². The highest BCUT2D eigenvalue weighted by Crippen LogP contribution is 2.43. The molecule has 0 bridgehead atoms. The molecular formula is C33H34N8O3. The minimum atomic E-state index is -0.0336. The molecule has 3 fully saturated rings. The van der Waals surface area contributed by atoms with E-state index in [0.29, 0.717) is 30.2 Å². The van der Waals surface area contributed by atoms with Crippen LogP contribution in [0.4, 0.5) is 11.5 Å². The zero-order chi connectivity index (χ0) is 30.3. The fourth-order valence-corrected chi connectivity index (χ4v) is 6.55. The predicted molar refractivity (Wildman–Crippen MR) is 167 cm³/mol. The maximum absolute atomic E-state index is 12.1. The number of ether oxygens (including phenoxy) is 2. The molecule has 1 spiro atoms. The molecule has 0 unspecified atom stereocenters. The van der Waals surface area contributed by atoms with Crippen molar-refractivity contribution in [1.29, 1.82) is 0 Å². The van der Waals surface area contributed by atoms with Crippen LogP contribution in [0.25, 0.3) is 22.2 Å². The van der Waals surface area contributed by atoms with Gasteiger partial charge in [-0.25, -0.2) is 0 Å². The van der Waals surface area contributed by atoms with Gasteiger partial charge in [0.15, 0.2) is 5.82 Å². The van der Waals surface area contributed by atoms with Gasteiger partial charge in [0.2, 0.25) is 5.91 Å². The predicted octanol–water partition coefficient (Wildman–Crippen LogP) is 3.34. The van der Waals surface area contributed by atoms with Crippen LogP contribution in [0.1, 0.15) is 23.2 Å². The molecule has 1 N–H and O–H groups in total. The summed E-state index contributed by atoms with van der Waals surface area (Å²) in [5.74, 6) is 3.53. The Morgan fingerprint density at radius 3 is 2.73 bits per heavy atom. The Bertz CT molecular complexity index is 1760. The van der Waals surface area contributed by atoms with E-state index in [1.807, 2.05) is 36.2 Å². The number of carbonyl (C=O) groups is 1. The van der Waals surface area contributed by atoms with Crippen molar-refractivity contribution in [2.45, 2.75) is 20.0 Å². The number of aryl methyl sites for hydroxylation is 1. The number of pyridine rings is 1. The standard InChI is InChI=1S/C33H34N8O3/c1-4-25-30(29-22(3)6-9-27-26(29)17-35-38-27)36-32(44-18-23-7-8-24(16-34-23)39-12-14-43-15-13-39)37-31(25)40-11-10-33(19-40)20-41(21-33)28(42)5-2/h1,5-9,16-17H,2,10-15,18-21H2,3H3,(H,35,38). The average molecular weight is 591 g/mol. The van der Waals surface area contributed by atoms with Crippen LogP contribution in [0.15, 0.2) is 49.3 Å². The van der Waals surface area contributed by atoms with Crippen molar-refractivity contribution in [1.82, 2.24) is 30.0 Å². The molecule has 3 aromatic heterocycles. The Morgan fingerprint density at radius 2 is 1.98 bits per heavy atom. The summed E-state index contributed by atoms with van der Waals surface area (Å²) < 4.78 is 11.7. The molecule has 1 amide bonds. The van der Waals surface area contributed by atoms with Crippen molar-refractivity contribution in [3.05, 3.63) is 66.1 Å². The van der Waals surface area contributed by atoms with Crippen LogP contribution in [0.2, 0.25) is 0 Å². The lowest BCUT2D eigenvalue weighted by Gasteiger charge is -2.47. The second-order valence-electron chi connectivity index (χ2n) is 11.8. The highest BCUT2D eigenvalue weighted by Gasteiger charge is 2.49. The SMILES string of the molecule is C#Cc1c(-c2c(C)ccc3[nH]ncc23)nc(OCc2ccc(N3CCOCC3)cn2)nc1N1CCC2(CN(C(=O)C=C)C2)C1. The summed E-state index contributed by atoms with van der Waals surface area (Å²) in [6, 6.07) is 8.28. The number of hydrogen-bond donors (Lipinski definition) is 1. The Kier molecular flexibility index (Phi) is 7.14. The molecule has 4 aromatic rings. The largest absolute Gasteiger partial charge is 0.457 e. The highest BCUT2D eigenvalue weighted by atomic mass is 16.5. The third kappa shape index (κ3) is 5.01. The summed E-state index contributed by atoms with van der Waals surface area (Å²) in [5.41, 5.74) is 5.87. The number of aromatic nitrogens is 5. The molecule has 0 aliphatic carbocycles. The van der Waals surface area contributed by atoms with Gasteiger partial charge in [0.05, 0.1) is 53.8 Å². The normalized spacial score (nSPS) is 17.5. The fourth-order valence-electron chi connectivity index (χ4n) is 6.55. The maximum Gasteiger partial charge on any atom is 0.319 e. The Morgan fingerprint density at radius 1 is 1.14 bits per heavy atom. The number of morpholine rings is 1. The first kappa shape index (κ1) is 27.9. The van der Waals surface area contributed by atoms with Crippen molar-refractivity contribution in [3.63, 3.8) is 0 Å². The number of fused-ring (bicyclic) bond motifs is 1. The van der Waals surface area contributed by atoms with Gasteiger partial charge in [0, 0.05) is 55.6 Å². The topological polar surface area (TPSA) is 113 Å². The van der Waals surface area contributed by atoms with Gasteiger partial charge in [-0.15, -0.1) is 6.42 Å². The lowest BCUT2D eigenvalue weighted by atomic mass is 9.79. The molecule has 1 aromatic carbocycles. The monoisotopic (exact) mass is 590 g/mol. The van der Waals surface area contributed by atoms with E-state index in [4.69, 9.17) is 25.9 Å². The minimum absolute atomic E-state index is 0.00328. The van der Waals surface area contributed by atoms with Gasteiger partial charge in [-0.2, -0.15) is 15.1 Å². The van der Waals surface area contributed by atoms with E-state index in [2.05, 4.69) is 43.5 Å². The second-order valence-corrected chi connectivity index (χ2v) is 11.8. The molecule has 3 saturated heterocycles. The van der Waals surface area contributed by atoms with Gasteiger partial charge in [-0.05, 0) is 43.2 Å². The van der Waals surface area contributed by atoms with Gasteiger partial charge >= 0.3 is 6.01 Å². The smallest absolute Gasteiger partial charge is 0.319 e. The lowest BCUT2D eigenvalue weighted by molar-refractivity contribution is -0.136. The molecule has 11 heteroatoms. The van der Waals surface area contributed by atoms with E-state index in [-0.39, 0.29) is 23.9 Å². The number of aromatic amines is 1. The van der Waals surface area contributed by atoms with Crippen molar-refractivity contribution in [3.8, 4) is 29.6 Å². The summed E-state index contributed by atoms with van der Waals surface area (Å²) >= 11 is 0. The molecule has 0 atom stereocenters. The van der Waals surface area contributed by atoms with E-state index in [9.17, 15) is 4.79 Å². The average Bonchev–Trinajstić information content (AvgIpc) is 3.71. The molecule has 224 valence electrons. The number of rotatable bonds is 7. The molecule has 11 nitrogen and oxygen atoms in total. The van der Waals surface area contributed by atoms with Gasteiger partial charge in [-0.3, -0.25) is 14.9 Å². The second kappa shape index (κ2) is 11.3. The summed E-state index contributed by atoms with van der Waals surface area (Å²) in [4.78, 5) is 32.9. The number of nitrogens with zero attached hydrogens (tertiary/aromatic N) is 7. The lowest BCUT2D eigenvalue weighted by Crippen LogP contribution is -2.59. The number of hydrogen-bond acceptors (Lipinski definition) is 9. The number of carbonyl (C=O) groups excluding carboxylic acids is 1. The van der Waals surface area contributed by atoms with E-state index in [0.717, 1.165) is 79.2 Å². The zero-order valence-electron chi connectivity index (χ0n) is 24.8. The Hall–Kier alpha value is -4.95.